The first-order chi connectivity index (χ1) is 11.6. The smallest absolute Gasteiger partial charge is 0.159 e. The van der Waals surface area contributed by atoms with E-state index in [1.54, 1.807) is 0 Å². The average Bonchev–Trinajstić information content (AvgIpc) is 2.92. The minimum atomic E-state index is 0.0222. The molecule has 0 spiro atoms. The number of ether oxygens (including phenoxy) is 1. The van der Waals surface area contributed by atoms with Gasteiger partial charge in [0.1, 0.15) is 12.4 Å². The Labute approximate surface area is 141 Å². The zero-order chi connectivity index (χ0) is 17.1. The summed E-state index contributed by atoms with van der Waals surface area (Å²) in [4.78, 5) is 4.71. The van der Waals surface area contributed by atoms with E-state index in [1.807, 2.05) is 23.6 Å². The number of aliphatic hydroxyl groups excluding tert-OH is 1. The first kappa shape index (κ1) is 16.5. The Hall–Kier alpha value is -2.40. The van der Waals surface area contributed by atoms with Crippen molar-refractivity contribution in [2.75, 3.05) is 13.2 Å². The van der Waals surface area contributed by atoms with Crippen molar-refractivity contribution in [1.29, 1.82) is 0 Å². The van der Waals surface area contributed by atoms with Gasteiger partial charge < -0.3 is 9.84 Å². The molecule has 0 atom stereocenters. The van der Waals surface area contributed by atoms with Crippen LogP contribution in [0.5, 0.6) is 5.75 Å². The van der Waals surface area contributed by atoms with Gasteiger partial charge in [-0.3, -0.25) is 0 Å². The molecule has 2 heterocycles. The van der Waals surface area contributed by atoms with E-state index in [-0.39, 0.29) is 6.61 Å². The predicted octanol–water partition coefficient (Wildman–Crippen LogP) is 2.87. The zero-order valence-electron chi connectivity index (χ0n) is 14.4. The van der Waals surface area contributed by atoms with Gasteiger partial charge in [-0.05, 0) is 44.0 Å². The van der Waals surface area contributed by atoms with Crippen LogP contribution in [0.25, 0.3) is 5.65 Å². The topological polar surface area (TPSA) is 59.7 Å². The summed E-state index contributed by atoms with van der Waals surface area (Å²) >= 11 is 0. The minimum absolute atomic E-state index is 0.0222. The molecule has 3 rings (SSSR count). The molecule has 0 radical (unpaired) electrons. The van der Waals surface area contributed by atoms with E-state index in [1.165, 1.54) is 11.1 Å². The highest BCUT2D eigenvalue weighted by atomic mass is 16.5. The Balaban J connectivity index is 1.94. The second-order valence-corrected chi connectivity index (χ2v) is 5.95. The molecule has 0 saturated heterocycles. The number of nitrogens with zero attached hydrogens (tertiary/aromatic N) is 3. The molecule has 5 nitrogen and oxygen atoms in total. The number of hydrogen-bond donors (Lipinski definition) is 1. The summed E-state index contributed by atoms with van der Waals surface area (Å²) in [6.07, 6.45) is 1.68. The first-order valence-corrected chi connectivity index (χ1v) is 8.29. The number of aryl methyl sites for hydroxylation is 3. The molecule has 3 aromatic rings. The summed E-state index contributed by atoms with van der Waals surface area (Å²) < 4.78 is 7.36. The summed E-state index contributed by atoms with van der Waals surface area (Å²) in [6, 6.07) is 10.0. The van der Waals surface area contributed by atoms with Gasteiger partial charge in [0, 0.05) is 23.4 Å². The number of fused-ring (bicyclic) bond motifs is 1. The van der Waals surface area contributed by atoms with Crippen LogP contribution in [0.1, 0.15) is 35.1 Å². The van der Waals surface area contributed by atoms with E-state index < -0.39 is 0 Å². The molecule has 0 fully saturated rings. The molecular formula is C19H23N3O2. The normalized spacial score (nSPS) is 11.2. The fraction of sp³-hybridized carbons (Fsp3) is 0.368. The minimum Gasteiger partial charge on any atom is -0.491 e. The standard InChI is InChI=1S/C19H23N3O2/c1-4-18-17(19-20-13(2)11-14(3)22(19)21-18)12-15-5-7-16(8-6-15)24-10-9-23/h5-8,11,23H,4,9-10,12H2,1-3H3. The summed E-state index contributed by atoms with van der Waals surface area (Å²) in [5, 5.41) is 13.5. The highest BCUT2D eigenvalue weighted by Gasteiger charge is 2.15. The molecule has 24 heavy (non-hydrogen) atoms. The van der Waals surface area contributed by atoms with Gasteiger partial charge in [-0.15, -0.1) is 0 Å². The molecule has 0 amide bonds. The van der Waals surface area contributed by atoms with E-state index in [0.717, 1.165) is 41.3 Å². The van der Waals surface area contributed by atoms with Gasteiger partial charge >= 0.3 is 0 Å². The van der Waals surface area contributed by atoms with Crippen LogP contribution in [0.4, 0.5) is 0 Å². The fourth-order valence-corrected chi connectivity index (χ4v) is 2.95. The van der Waals surface area contributed by atoms with Crippen LogP contribution >= 0.6 is 0 Å². The highest BCUT2D eigenvalue weighted by molar-refractivity contribution is 5.53. The highest BCUT2D eigenvalue weighted by Crippen LogP contribution is 2.22. The maximum absolute atomic E-state index is 8.82. The molecule has 0 saturated carbocycles. The number of hydrogen-bond acceptors (Lipinski definition) is 4. The number of aliphatic hydroxyl groups is 1. The van der Waals surface area contributed by atoms with Gasteiger partial charge in [0.2, 0.25) is 0 Å². The second-order valence-electron chi connectivity index (χ2n) is 5.95. The van der Waals surface area contributed by atoms with E-state index in [4.69, 9.17) is 19.9 Å². The van der Waals surface area contributed by atoms with Gasteiger partial charge in [-0.25, -0.2) is 9.50 Å². The third kappa shape index (κ3) is 3.26. The Morgan fingerprint density at radius 3 is 2.58 bits per heavy atom. The van der Waals surface area contributed by atoms with Crippen LogP contribution in [-0.4, -0.2) is 32.9 Å². The summed E-state index contributed by atoms with van der Waals surface area (Å²) in [6.45, 7) is 6.54. The van der Waals surface area contributed by atoms with Crippen LogP contribution in [0, 0.1) is 13.8 Å². The average molecular weight is 325 g/mol. The van der Waals surface area contributed by atoms with Crippen molar-refractivity contribution in [2.24, 2.45) is 0 Å². The lowest BCUT2D eigenvalue weighted by Gasteiger charge is -2.06. The maximum atomic E-state index is 8.82. The lowest BCUT2D eigenvalue weighted by atomic mass is 10.0. The second kappa shape index (κ2) is 7.01. The van der Waals surface area contributed by atoms with Crippen molar-refractivity contribution in [1.82, 2.24) is 14.6 Å². The third-order valence-corrected chi connectivity index (χ3v) is 4.07. The molecule has 5 heteroatoms. The van der Waals surface area contributed by atoms with Crippen LogP contribution in [-0.2, 0) is 12.8 Å². The molecule has 0 unspecified atom stereocenters. The van der Waals surface area contributed by atoms with Gasteiger partial charge in [-0.1, -0.05) is 19.1 Å². The lowest BCUT2D eigenvalue weighted by molar-refractivity contribution is 0.201. The quantitative estimate of drug-likeness (QED) is 0.757. The number of aromatic nitrogens is 3. The van der Waals surface area contributed by atoms with Gasteiger partial charge in [0.05, 0.1) is 12.3 Å². The molecule has 0 aliphatic carbocycles. The molecule has 0 bridgehead atoms. The summed E-state index contributed by atoms with van der Waals surface area (Å²) in [5.41, 5.74) is 6.54. The van der Waals surface area contributed by atoms with E-state index in [2.05, 4.69) is 32.0 Å². The molecule has 1 N–H and O–H groups in total. The van der Waals surface area contributed by atoms with Crippen LogP contribution in [0.15, 0.2) is 30.3 Å². The van der Waals surface area contributed by atoms with Crippen molar-refractivity contribution < 1.29 is 9.84 Å². The van der Waals surface area contributed by atoms with Gasteiger partial charge in [0.15, 0.2) is 5.65 Å². The van der Waals surface area contributed by atoms with E-state index in [0.29, 0.717) is 6.61 Å². The van der Waals surface area contributed by atoms with Crippen molar-refractivity contribution in [3.05, 3.63) is 58.5 Å². The SMILES string of the molecule is CCc1nn2c(C)cc(C)nc2c1Cc1ccc(OCCO)cc1. The molecule has 1 aromatic carbocycles. The maximum Gasteiger partial charge on any atom is 0.159 e. The van der Waals surface area contributed by atoms with Crippen LogP contribution < -0.4 is 4.74 Å². The summed E-state index contributed by atoms with van der Waals surface area (Å²) in [7, 11) is 0. The van der Waals surface area contributed by atoms with Crippen LogP contribution in [0.2, 0.25) is 0 Å². The van der Waals surface area contributed by atoms with Crippen LogP contribution in [0.3, 0.4) is 0 Å². The third-order valence-electron chi connectivity index (χ3n) is 4.07. The zero-order valence-corrected chi connectivity index (χ0v) is 14.4. The van der Waals surface area contributed by atoms with Gasteiger partial charge in [0.25, 0.3) is 0 Å². The molecule has 126 valence electrons. The first-order valence-electron chi connectivity index (χ1n) is 8.29. The monoisotopic (exact) mass is 325 g/mol. The Kier molecular flexibility index (Phi) is 4.81. The molecule has 0 aliphatic heterocycles. The van der Waals surface area contributed by atoms with Crippen molar-refractivity contribution in [3.63, 3.8) is 0 Å². The largest absolute Gasteiger partial charge is 0.491 e. The lowest BCUT2D eigenvalue weighted by Crippen LogP contribution is -2.01. The Bertz CT molecular complexity index is 838. The van der Waals surface area contributed by atoms with Crippen molar-refractivity contribution >= 4 is 5.65 Å². The number of rotatable bonds is 6. The Morgan fingerprint density at radius 1 is 1.17 bits per heavy atom. The fourth-order valence-electron chi connectivity index (χ4n) is 2.95. The van der Waals surface area contributed by atoms with Gasteiger partial charge in [-0.2, -0.15) is 5.10 Å². The Morgan fingerprint density at radius 2 is 1.92 bits per heavy atom. The molecular weight excluding hydrogens is 302 g/mol. The van der Waals surface area contributed by atoms with Crippen molar-refractivity contribution in [2.45, 2.75) is 33.6 Å². The predicted molar refractivity (Wildman–Crippen MR) is 93.7 cm³/mol. The van der Waals surface area contributed by atoms with E-state index >= 15 is 0 Å². The van der Waals surface area contributed by atoms with Crippen molar-refractivity contribution in [3.8, 4) is 5.75 Å². The van der Waals surface area contributed by atoms with E-state index in [9.17, 15) is 0 Å². The summed E-state index contributed by atoms with van der Waals surface area (Å²) in [5.74, 6) is 0.771. The molecule has 0 aliphatic rings. The molecule has 2 aromatic heterocycles. The number of benzene rings is 1.